The third-order valence-electron chi connectivity index (χ3n) is 4.37. The molecule has 0 fully saturated rings. The lowest BCUT2D eigenvalue weighted by Gasteiger charge is -2.26. The van der Waals surface area contributed by atoms with Crippen molar-refractivity contribution in [3.8, 4) is 0 Å². The van der Waals surface area contributed by atoms with E-state index in [1.807, 2.05) is 31.2 Å². The first-order valence-corrected chi connectivity index (χ1v) is 9.67. The van der Waals surface area contributed by atoms with Crippen LogP contribution >= 0.6 is 11.3 Å². The molecule has 0 bridgehead atoms. The van der Waals surface area contributed by atoms with Crippen LogP contribution in [0.15, 0.2) is 30.3 Å². The fourth-order valence-corrected chi connectivity index (χ4v) is 4.08. The van der Waals surface area contributed by atoms with Gasteiger partial charge in [-0.15, -0.1) is 11.3 Å². The van der Waals surface area contributed by atoms with Crippen molar-refractivity contribution in [2.45, 2.75) is 26.8 Å². The van der Waals surface area contributed by atoms with Gasteiger partial charge in [0.2, 0.25) is 5.91 Å². The van der Waals surface area contributed by atoms with E-state index in [4.69, 9.17) is 10.5 Å². The lowest BCUT2D eigenvalue weighted by molar-refractivity contribution is -0.111. The molecule has 7 heteroatoms. The van der Waals surface area contributed by atoms with E-state index >= 15 is 0 Å². The van der Waals surface area contributed by atoms with Crippen LogP contribution in [0.3, 0.4) is 0 Å². The van der Waals surface area contributed by atoms with E-state index in [1.54, 1.807) is 17.9 Å². The summed E-state index contributed by atoms with van der Waals surface area (Å²) in [6.45, 7) is 5.17. The van der Waals surface area contributed by atoms with Crippen molar-refractivity contribution in [1.29, 1.82) is 0 Å². The maximum atomic E-state index is 12.2. The van der Waals surface area contributed by atoms with Crippen LogP contribution in [0.2, 0.25) is 0 Å². The molecule has 0 atom stereocenters. The number of carbonyl (C=O) groups is 2. The molecule has 0 aliphatic carbocycles. The zero-order valence-corrected chi connectivity index (χ0v) is 16.3. The smallest absolute Gasteiger partial charge is 0.410 e. The highest BCUT2D eigenvalue weighted by Crippen LogP contribution is 2.39. The normalized spacial score (nSPS) is 13.5. The highest BCUT2D eigenvalue weighted by molar-refractivity contribution is 7.17. The quantitative estimate of drug-likeness (QED) is 0.784. The maximum absolute atomic E-state index is 12.2. The number of amides is 2. The van der Waals surface area contributed by atoms with Crippen molar-refractivity contribution in [2.24, 2.45) is 0 Å². The van der Waals surface area contributed by atoms with Gasteiger partial charge in [-0.1, -0.05) is 29.8 Å². The van der Waals surface area contributed by atoms with Crippen molar-refractivity contribution in [3.63, 3.8) is 0 Å². The van der Waals surface area contributed by atoms with Crippen LogP contribution in [0.4, 0.5) is 15.5 Å². The molecule has 3 N–H and O–H groups in total. The molecular formula is C20H23N3O3S. The standard InChI is InChI=1S/C20H23N3O3S/c1-3-26-20(25)23-11-10-15-16(12-23)27-19(18(15)21)22-17(24)9-8-14-6-4-13(2)5-7-14/h4-9H,3,10-12,21H2,1-2H3,(H,22,24)/b9-8+. The average Bonchev–Trinajstić information content (AvgIpc) is 2.96. The number of aryl methyl sites for hydroxylation is 1. The van der Waals surface area contributed by atoms with E-state index in [9.17, 15) is 9.59 Å². The molecule has 142 valence electrons. The molecule has 0 saturated heterocycles. The fraction of sp³-hybridized carbons (Fsp3) is 0.300. The molecule has 0 radical (unpaired) electrons. The third-order valence-corrected chi connectivity index (χ3v) is 5.51. The van der Waals surface area contributed by atoms with Crippen LogP contribution in [0, 0.1) is 6.92 Å². The monoisotopic (exact) mass is 385 g/mol. The molecule has 2 aromatic rings. The number of thiophene rings is 1. The number of nitrogen functional groups attached to an aromatic ring is 1. The van der Waals surface area contributed by atoms with Gasteiger partial charge in [-0.05, 0) is 37.5 Å². The Morgan fingerprint density at radius 1 is 1.33 bits per heavy atom. The van der Waals surface area contributed by atoms with Crippen LogP contribution in [-0.4, -0.2) is 30.1 Å². The van der Waals surface area contributed by atoms with Gasteiger partial charge in [-0.2, -0.15) is 0 Å². The Kier molecular flexibility index (Phi) is 5.81. The van der Waals surface area contributed by atoms with Gasteiger partial charge in [0.05, 0.1) is 18.8 Å². The Bertz CT molecular complexity index is 871. The first kappa shape index (κ1) is 19.0. The van der Waals surface area contributed by atoms with Gasteiger partial charge >= 0.3 is 6.09 Å². The number of nitrogens with two attached hydrogens (primary N) is 1. The number of fused-ring (bicyclic) bond motifs is 1. The zero-order valence-electron chi connectivity index (χ0n) is 15.5. The number of nitrogens with zero attached hydrogens (tertiary/aromatic N) is 1. The third kappa shape index (κ3) is 4.49. The number of carbonyl (C=O) groups excluding carboxylic acids is 2. The first-order valence-electron chi connectivity index (χ1n) is 8.85. The molecular weight excluding hydrogens is 362 g/mol. The topological polar surface area (TPSA) is 84.7 Å². The summed E-state index contributed by atoms with van der Waals surface area (Å²) in [6, 6.07) is 7.92. The molecule has 1 aliphatic heterocycles. The lowest BCUT2D eigenvalue weighted by Crippen LogP contribution is -2.35. The molecule has 2 amide bonds. The van der Waals surface area contributed by atoms with E-state index in [0.717, 1.165) is 16.0 Å². The van der Waals surface area contributed by atoms with Crippen LogP contribution in [0.25, 0.3) is 6.08 Å². The fourth-order valence-electron chi connectivity index (χ4n) is 2.89. The Morgan fingerprint density at radius 3 is 2.78 bits per heavy atom. The minimum atomic E-state index is -0.318. The predicted molar refractivity (Wildman–Crippen MR) is 109 cm³/mol. The molecule has 27 heavy (non-hydrogen) atoms. The molecule has 2 heterocycles. The van der Waals surface area contributed by atoms with Gasteiger partial charge in [0.15, 0.2) is 0 Å². The van der Waals surface area contributed by atoms with Crippen LogP contribution in [-0.2, 0) is 22.5 Å². The van der Waals surface area contributed by atoms with Gasteiger partial charge in [-0.25, -0.2) is 4.79 Å². The zero-order chi connectivity index (χ0) is 19.4. The van der Waals surface area contributed by atoms with Gasteiger partial charge in [0, 0.05) is 17.5 Å². The van der Waals surface area contributed by atoms with E-state index in [2.05, 4.69) is 5.32 Å². The summed E-state index contributed by atoms with van der Waals surface area (Å²) in [5.41, 5.74) is 9.95. The second-order valence-corrected chi connectivity index (χ2v) is 7.46. The summed E-state index contributed by atoms with van der Waals surface area (Å²) in [7, 11) is 0. The Balaban J connectivity index is 1.67. The van der Waals surface area contributed by atoms with Crippen molar-refractivity contribution in [2.75, 3.05) is 24.2 Å². The van der Waals surface area contributed by atoms with Crippen molar-refractivity contribution in [1.82, 2.24) is 4.90 Å². The number of hydrogen-bond acceptors (Lipinski definition) is 5. The molecule has 1 aromatic carbocycles. The number of rotatable bonds is 4. The SMILES string of the molecule is CCOC(=O)N1CCc2c(sc(NC(=O)/C=C/c3ccc(C)cc3)c2N)C1. The summed E-state index contributed by atoms with van der Waals surface area (Å²) in [5, 5.41) is 3.48. The highest BCUT2D eigenvalue weighted by Gasteiger charge is 2.26. The van der Waals surface area contributed by atoms with E-state index in [1.165, 1.54) is 23.0 Å². The van der Waals surface area contributed by atoms with Gasteiger partial charge in [0.25, 0.3) is 0 Å². The minimum absolute atomic E-state index is 0.233. The molecule has 3 rings (SSSR count). The molecule has 6 nitrogen and oxygen atoms in total. The van der Waals surface area contributed by atoms with Crippen LogP contribution < -0.4 is 11.1 Å². The largest absolute Gasteiger partial charge is 0.450 e. The molecule has 1 aromatic heterocycles. The number of anilines is 2. The second-order valence-electron chi connectivity index (χ2n) is 6.35. The van der Waals surface area contributed by atoms with Crippen LogP contribution in [0.1, 0.15) is 28.5 Å². The summed E-state index contributed by atoms with van der Waals surface area (Å²) < 4.78 is 5.06. The molecule has 0 unspecified atom stereocenters. The second kappa shape index (κ2) is 8.26. The van der Waals surface area contributed by atoms with E-state index < -0.39 is 0 Å². The molecule has 1 aliphatic rings. The van der Waals surface area contributed by atoms with E-state index in [0.29, 0.717) is 36.8 Å². The Hall–Kier alpha value is -2.80. The number of nitrogens with one attached hydrogen (secondary N) is 1. The number of benzene rings is 1. The predicted octanol–water partition coefficient (Wildman–Crippen LogP) is 3.81. The first-order chi connectivity index (χ1) is 13.0. The summed E-state index contributed by atoms with van der Waals surface area (Å²) in [6.07, 6.45) is 3.60. The van der Waals surface area contributed by atoms with Gasteiger partial charge in [0.1, 0.15) is 5.00 Å². The van der Waals surface area contributed by atoms with Crippen LogP contribution in [0.5, 0.6) is 0 Å². The average molecular weight is 385 g/mol. The number of hydrogen-bond donors (Lipinski definition) is 2. The molecule has 0 saturated carbocycles. The Morgan fingerprint density at radius 2 is 2.07 bits per heavy atom. The maximum Gasteiger partial charge on any atom is 0.410 e. The number of ether oxygens (including phenoxy) is 1. The minimum Gasteiger partial charge on any atom is -0.450 e. The summed E-state index contributed by atoms with van der Waals surface area (Å²) >= 11 is 1.41. The molecule has 0 spiro atoms. The van der Waals surface area contributed by atoms with Crippen molar-refractivity contribution < 1.29 is 14.3 Å². The Labute approximate surface area is 162 Å². The van der Waals surface area contributed by atoms with Gasteiger partial charge < -0.3 is 20.7 Å². The van der Waals surface area contributed by atoms with Gasteiger partial charge in [-0.3, -0.25) is 4.79 Å². The van der Waals surface area contributed by atoms with E-state index in [-0.39, 0.29) is 12.0 Å². The van der Waals surface area contributed by atoms with Crippen molar-refractivity contribution in [3.05, 3.63) is 51.9 Å². The highest BCUT2D eigenvalue weighted by atomic mass is 32.1. The lowest BCUT2D eigenvalue weighted by atomic mass is 10.1. The summed E-state index contributed by atoms with van der Waals surface area (Å²) in [4.78, 5) is 26.8. The summed E-state index contributed by atoms with van der Waals surface area (Å²) in [5.74, 6) is -0.233. The van der Waals surface area contributed by atoms with Crippen molar-refractivity contribution >= 4 is 40.1 Å².